The molecule has 0 amide bonds. The van der Waals surface area contributed by atoms with Crippen molar-refractivity contribution in [3.8, 4) is 5.75 Å². The molecule has 1 N–H and O–H groups in total. The molecule has 1 atom stereocenters. The molecular weight excluding hydrogens is 250 g/mol. The maximum atomic E-state index is 11.4. The number of aliphatic hydroxyl groups is 1. The molecule has 1 aromatic carbocycles. The van der Waals surface area contributed by atoms with Gasteiger partial charge in [-0.1, -0.05) is 39.0 Å². The Morgan fingerprint density at radius 3 is 2.10 bits per heavy atom. The highest BCUT2D eigenvalue weighted by Crippen LogP contribution is 2.44. The summed E-state index contributed by atoms with van der Waals surface area (Å²) in [6, 6.07) is 11.3. The highest BCUT2D eigenvalue weighted by atomic mass is 16.5. The Kier molecular flexibility index (Phi) is 3.82. The van der Waals surface area contributed by atoms with Crippen molar-refractivity contribution in [3.63, 3.8) is 0 Å². The van der Waals surface area contributed by atoms with Crippen LogP contribution in [0.25, 0.3) is 0 Å². The van der Waals surface area contributed by atoms with Crippen molar-refractivity contribution in [1.29, 1.82) is 0 Å². The molecule has 0 aliphatic rings. The first-order chi connectivity index (χ1) is 9.39. The number of rotatable bonds is 3. The van der Waals surface area contributed by atoms with Crippen LogP contribution in [-0.2, 0) is 5.60 Å². The van der Waals surface area contributed by atoms with E-state index in [1.165, 1.54) is 0 Å². The van der Waals surface area contributed by atoms with E-state index in [0.29, 0.717) is 0 Å². The number of pyridine rings is 1. The van der Waals surface area contributed by atoms with Gasteiger partial charge in [-0.05, 0) is 29.2 Å². The third kappa shape index (κ3) is 2.41. The molecule has 3 heteroatoms. The Bertz CT molecular complexity index is 558. The van der Waals surface area contributed by atoms with E-state index >= 15 is 0 Å². The first-order valence-corrected chi connectivity index (χ1v) is 6.67. The van der Waals surface area contributed by atoms with Crippen LogP contribution in [0.5, 0.6) is 5.75 Å². The molecule has 2 aromatic rings. The van der Waals surface area contributed by atoms with Crippen LogP contribution in [0.4, 0.5) is 0 Å². The van der Waals surface area contributed by atoms with E-state index in [9.17, 15) is 5.11 Å². The van der Waals surface area contributed by atoms with Gasteiger partial charge in [-0.15, -0.1) is 0 Å². The summed E-state index contributed by atoms with van der Waals surface area (Å²) in [5.74, 6) is 0.774. The molecule has 0 aliphatic heterocycles. The minimum absolute atomic E-state index is 0.370. The summed E-state index contributed by atoms with van der Waals surface area (Å²) >= 11 is 0. The van der Waals surface area contributed by atoms with Crippen molar-refractivity contribution >= 4 is 0 Å². The Hall–Kier alpha value is -1.87. The van der Waals surface area contributed by atoms with Gasteiger partial charge in [0, 0.05) is 18.0 Å². The molecule has 106 valence electrons. The first-order valence-electron chi connectivity index (χ1n) is 6.67. The van der Waals surface area contributed by atoms with E-state index in [2.05, 4.69) is 4.98 Å². The molecular formula is C17H21NO2. The van der Waals surface area contributed by atoms with Crippen molar-refractivity contribution in [2.75, 3.05) is 7.11 Å². The smallest absolute Gasteiger partial charge is 0.121 e. The fraction of sp³-hybridized carbons (Fsp3) is 0.353. The number of methoxy groups -OCH3 is 1. The molecule has 20 heavy (non-hydrogen) atoms. The summed E-state index contributed by atoms with van der Waals surface area (Å²) in [6.07, 6.45) is 3.43. The molecule has 0 spiro atoms. The maximum absolute atomic E-state index is 11.4. The second-order valence-electron chi connectivity index (χ2n) is 5.93. The summed E-state index contributed by atoms with van der Waals surface area (Å²) in [5, 5.41) is 11.4. The van der Waals surface area contributed by atoms with Gasteiger partial charge in [0.15, 0.2) is 0 Å². The number of hydrogen-bond donors (Lipinski definition) is 1. The summed E-state index contributed by atoms with van der Waals surface area (Å²) < 4.78 is 5.18. The number of hydrogen-bond acceptors (Lipinski definition) is 3. The minimum atomic E-state index is -1.10. The molecule has 0 saturated carbocycles. The van der Waals surface area contributed by atoms with Crippen molar-refractivity contribution in [1.82, 2.24) is 4.98 Å². The zero-order chi connectivity index (χ0) is 14.8. The van der Waals surface area contributed by atoms with Crippen molar-refractivity contribution in [3.05, 3.63) is 59.9 Å². The number of nitrogens with zero attached hydrogens (tertiary/aromatic N) is 1. The van der Waals surface area contributed by atoms with E-state index in [1.807, 2.05) is 57.2 Å². The predicted molar refractivity (Wildman–Crippen MR) is 79.7 cm³/mol. The highest BCUT2D eigenvalue weighted by molar-refractivity contribution is 5.39. The predicted octanol–water partition coefficient (Wildman–Crippen LogP) is 3.37. The third-order valence-corrected chi connectivity index (χ3v) is 3.67. The average Bonchev–Trinajstić information content (AvgIpc) is 2.46. The molecule has 1 unspecified atom stereocenters. The maximum Gasteiger partial charge on any atom is 0.121 e. The highest BCUT2D eigenvalue weighted by Gasteiger charge is 2.43. The Labute approximate surface area is 120 Å². The molecule has 0 fully saturated rings. The largest absolute Gasteiger partial charge is 0.497 e. The van der Waals surface area contributed by atoms with Crippen LogP contribution in [0.1, 0.15) is 31.9 Å². The fourth-order valence-electron chi connectivity index (χ4n) is 2.44. The van der Waals surface area contributed by atoms with Gasteiger partial charge in [0.1, 0.15) is 11.4 Å². The van der Waals surface area contributed by atoms with Gasteiger partial charge in [-0.25, -0.2) is 0 Å². The van der Waals surface area contributed by atoms with E-state index in [1.54, 1.807) is 19.5 Å². The zero-order valence-electron chi connectivity index (χ0n) is 12.4. The molecule has 1 heterocycles. The Morgan fingerprint density at radius 2 is 1.65 bits per heavy atom. The van der Waals surface area contributed by atoms with E-state index in [4.69, 9.17) is 4.74 Å². The Balaban J connectivity index is 2.58. The van der Waals surface area contributed by atoms with Crippen LogP contribution in [0.2, 0.25) is 0 Å². The lowest BCUT2D eigenvalue weighted by molar-refractivity contribution is -0.0262. The van der Waals surface area contributed by atoms with Crippen LogP contribution in [0.15, 0.2) is 48.8 Å². The van der Waals surface area contributed by atoms with Crippen molar-refractivity contribution < 1.29 is 9.84 Å². The van der Waals surface area contributed by atoms with Gasteiger partial charge >= 0.3 is 0 Å². The first kappa shape index (κ1) is 14.5. The van der Waals surface area contributed by atoms with Crippen molar-refractivity contribution in [2.45, 2.75) is 26.4 Å². The van der Waals surface area contributed by atoms with E-state index < -0.39 is 5.60 Å². The lowest BCUT2D eigenvalue weighted by Gasteiger charge is -2.41. The van der Waals surface area contributed by atoms with Gasteiger partial charge in [-0.3, -0.25) is 4.98 Å². The molecule has 3 nitrogen and oxygen atoms in total. The summed E-state index contributed by atoms with van der Waals surface area (Å²) in [7, 11) is 1.63. The lowest BCUT2D eigenvalue weighted by Crippen LogP contribution is -2.41. The fourth-order valence-corrected chi connectivity index (χ4v) is 2.44. The molecule has 0 bridgehead atoms. The van der Waals surface area contributed by atoms with Crippen LogP contribution in [0, 0.1) is 5.41 Å². The van der Waals surface area contributed by atoms with Crippen LogP contribution in [0.3, 0.4) is 0 Å². The van der Waals surface area contributed by atoms with Crippen LogP contribution >= 0.6 is 0 Å². The van der Waals surface area contributed by atoms with Gasteiger partial charge < -0.3 is 9.84 Å². The summed E-state index contributed by atoms with van der Waals surface area (Å²) in [5.41, 5.74) is 0.148. The molecule has 1 aromatic heterocycles. The molecule has 0 radical (unpaired) electrons. The van der Waals surface area contributed by atoms with Gasteiger partial charge in [0.05, 0.1) is 7.11 Å². The van der Waals surface area contributed by atoms with Gasteiger partial charge in [0.25, 0.3) is 0 Å². The monoisotopic (exact) mass is 271 g/mol. The quantitative estimate of drug-likeness (QED) is 0.930. The number of ether oxygens (including phenoxy) is 1. The van der Waals surface area contributed by atoms with Crippen LogP contribution < -0.4 is 4.74 Å². The SMILES string of the molecule is COc1ccc(C(O)(c2cccnc2)C(C)(C)C)cc1. The van der Waals surface area contributed by atoms with Crippen LogP contribution in [-0.4, -0.2) is 17.2 Å². The lowest BCUT2D eigenvalue weighted by atomic mass is 9.69. The second kappa shape index (κ2) is 5.25. The Morgan fingerprint density at radius 1 is 1.00 bits per heavy atom. The number of benzene rings is 1. The zero-order valence-corrected chi connectivity index (χ0v) is 12.4. The minimum Gasteiger partial charge on any atom is -0.497 e. The number of aromatic nitrogens is 1. The van der Waals surface area contributed by atoms with Crippen molar-refractivity contribution in [2.24, 2.45) is 5.41 Å². The average molecular weight is 271 g/mol. The van der Waals surface area contributed by atoms with Gasteiger partial charge in [-0.2, -0.15) is 0 Å². The normalized spacial score (nSPS) is 14.7. The standard InChI is InChI=1S/C17H21NO2/c1-16(2,3)17(19,14-6-5-11-18-12-14)13-7-9-15(20-4)10-8-13/h5-12,19H,1-4H3. The molecule has 0 aliphatic carbocycles. The van der Waals surface area contributed by atoms with Gasteiger partial charge in [0.2, 0.25) is 0 Å². The van der Waals surface area contributed by atoms with E-state index in [-0.39, 0.29) is 5.41 Å². The summed E-state index contributed by atoms with van der Waals surface area (Å²) in [4.78, 5) is 4.14. The summed E-state index contributed by atoms with van der Waals surface area (Å²) in [6.45, 7) is 6.05. The molecule has 0 saturated heterocycles. The van der Waals surface area contributed by atoms with E-state index in [0.717, 1.165) is 16.9 Å². The topological polar surface area (TPSA) is 42.4 Å². The molecule has 2 rings (SSSR count). The second-order valence-corrected chi connectivity index (χ2v) is 5.93. The third-order valence-electron chi connectivity index (χ3n) is 3.67.